The minimum atomic E-state index is -0.688. The van der Waals surface area contributed by atoms with E-state index in [1.807, 2.05) is 12.1 Å². The number of aromatic nitrogens is 1. The molecule has 2 rings (SSSR count). The summed E-state index contributed by atoms with van der Waals surface area (Å²) < 4.78 is 5.05. The molecule has 2 heterocycles. The van der Waals surface area contributed by atoms with Gasteiger partial charge in [0.25, 0.3) is 0 Å². The normalized spacial score (nSPS) is 22.8. The molecular formula is C15H22N2O3. The van der Waals surface area contributed by atoms with Gasteiger partial charge in [0.15, 0.2) is 0 Å². The van der Waals surface area contributed by atoms with Gasteiger partial charge in [0, 0.05) is 44.9 Å². The highest BCUT2D eigenvalue weighted by Crippen LogP contribution is 2.36. The molecule has 0 bridgehead atoms. The molecule has 0 saturated carbocycles. The van der Waals surface area contributed by atoms with Gasteiger partial charge in [0.1, 0.15) is 0 Å². The summed E-state index contributed by atoms with van der Waals surface area (Å²) in [5.74, 6) is -0.688. The van der Waals surface area contributed by atoms with Crippen LogP contribution in [-0.4, -0.2) is 42.9 Å². The highest BCUT2D eigenvalue weighted by Gasteiger charge is 2.41. The molecule has 20 heavy (non-hydrogen) atoms. The Labute approximate surface area is 119 Å². The Morgan fingerprint density at radius 3 is 2.90 bits per heavy atom. The standard InChI is InChI=1S/C15H22N2O3/c1-20-11-3-7-15(14(18)19)6-2-10-17(12-15)13-4-8-16-9-5-13/h4-5,8-9H,2-3,6-7,10-12H2,1H3,(H,18,19)/t15-/m1/s1. The predicted molar refractivity (Wildman–Crippen MR) is 76.9 cm³/mol. The van der Waals surface area contributed by atoms with Crippen molar-refractivity contribution in [3.63, 3.8) is 0 Å². The summed E-state index contributed by atoms with van der Waals surface area (Å²) in [5.41, 5.74) is 0.400. The molecule has 1 atom stereocenters. The van der Waals surface area contributed by atoms with E-state index in [0.717, 1.165) is 31.5 Å². The van der Waals surface area contributed by atoms with Crippen LogP contribution in [0.25, 0.3) is 0 Å². The Balaban J connectivity index is 2.10. The Morgan fingerprint density at radius 2 is 2.25 bits per heavy atom. The van der Waals surface area contributed by atoms with Crippen LogP contribution in [-0.2, 0) is 9.53 Å². The Morgan fingerprint density at radius 1 is 1.50 bits per heavy atom. The number of piperidine rings is 1. The topological polar surface area (TPSA) is 62.7 Å². The number of methoxy groups -OCH3 is 1. The van der Waals surface area contributed by atoms with Crippen LogP contribution >= 0.6 is 0 Å². The number of pyridine rings is 1. The second-order valence-electron chi connectivity index (χ2n) is 5.41. The van der Waals surface area contributed by atoms with Crippen molar-refractivity contribution in [3.05, 3.63) is 24.5 Å². The minimum absolute atomic E-state index is 0.566. The fourth-order valence-electron chi connectivity index (χ4n) is 2.95. The zero-order chi connectivity index (χ0) is 14.4. The number of carboxylic acid groups (broad SMARTS) is 1. The summed E-state index contributed by atoms with van der Waals surface area (Å²) in [6, 6.07) is 3.88. The lowest BCUT2D eigenvalue weighted by Gasteiger charge is -2.41. The summed E-state index contributed by atoms with van der Waals surface area (Å²) in [4.78, 5) is 17.9. The average Bonchev–Trinajstić information content (AvgIpc) is 2.48. The van der Waals surface area contributed by atoms with E-state index in [0.29, 0.717) is 19.6 Å². The molecule has 5 heteroatoms. The van der Waals surface area contributed by atoms with Gasteiger partial charge in [-0.1, -0.05) is 0 Å². The van der Waals surface area contributed by atoms with Crippen molar-refractivity contribution in [3.8, 4) is 0 Å². The van der Waals surface area contributed by atoms with Crippen molar-refractivity contribution in [1.82, 2.24) is 4.98 Å². The average molecular weight is 278 g/mol. The number of carboxylic acids is 1. The zero-order valence-corrected chi connectivity index (χ0v) is 11.9. The molecule has 0 amide bonds. The van der Waals surface area contributed by atoms with E-state index in [1.165, 1.54) is 0 Å². The first kappa shape index (κ1) is 14.8. The molecule has 1 N–H and O–H groups in total. The number of nitrogens with zero attached hydrogens (tertiary/aromatic N) is 2. The van der Waals surface area contributed by atoms with Gasteiger partial charge in [-0.3, -0.25) is 9.78 Å². The predicted octanol–water partition coefficient (Wildman–Crippen LogP) is 2.18. The lowest BCUT2D eigenvalue weighted by molar-refractivity contribution is -0.150. The van der Waals surface area contributed by atoms with Gasteiger partial charge in [-0.05, 0) is 37.8 Å². The molecule has 0 spiro atoms. The largest absolute Gasteiger partial charge is 0.481 e. The molecule has 1 aromatic heterocycles. The van der Waals surface area contributed by atoms with Gasteiger partial charge < -0.3 is 14.7 Å². The molecule has 110 valence electrons. The third kappa shape index (κ3) is 3.28. The van der Waals surface area contributed by atoms with Crippen LogP contribution in [0.4, 0.5) is 5.69 Å². The van der Waals surface area contributed by atoms with Crippen LogP contribution in [0.3, 0.4) is 0 Å². The van der Waals surface area contributed by atoms with Gasteiger partial charge >= 0.3 is 5.97 Å². The smallest absolute Gasteiger partial charge is 0.311 e. The highest BCUT2D eigenvalue weighted by atomic mass is 16.5. The lowest BCUT2D eigenvalue weighted by Crippen LogP contribution is -2.48. The SMILES string of the molecule is COCCC[C@]1(C(=O)O)CCCN(c2ccncc2)C1. The molecule has 1 fully saturated rings. The summed E-state index contributed by atoms with van der Waals surface area (Å²) in [6.45, 7) is 2.09. The van der Waals surface area contributed by atoms with Gasteiger partial charge in [-0.15, -0.1) is 0 Å². The third-order valence-corrected chi connectivity index (χ3v) is 4.06. The fourth-order valence-corrected chi connectivity index (χ4v) is 2.95. The van der Waals surface area contributed by atoms with E-state index in [4.69, 9.17) is 4.74 Å². The van der Waals surface area contributed by atoms with Gasteiger partial charge in [-0.25, -0.2) is 0 Å². The first-order valence-electron chi connectivity index (χ1n) is 7.05. The number of aliphatic carboxylic acids is 1. The van der Waals surface area contributed by atoms with Crippen molar-refractivity contribution >= 4 is 11.7 Å². The summed E-state index contributed by atoms with van der Waals surface area (Å²) in [6.07, 6.45) is 6.59. The van der Waals surface area contributed by atoms with Gasteiger partial charge in [0.2, 0.25) is 0 Å². The molecule has 0 radical (unpaired) electrons. The lowest BCUT2D eigenvalue weighted by atomic mass is 9.76. The highest BCUT2D eigenvalue weighted by molar-refractivity contribution is 5.76. The second-order valence-corrected chi connectivity index (χ2v) is 5.41. The van der Waals surface area contributed by atoms with E-state index in [-0.39, 0.29) is 0 Å². The third-order valence-electron chi connectivity index (χ3n) is 4.06. The molecular weight excluding hydrogens is 256 g/mol. The van der Waals surface area contributed by atoms with Crippen LogP contribution < -0.4 is 4.90 Å². The molecule has 0 unspecified atom stereocenters. The quantitative estimate of drug-likeness (QED) is 0.808. The second kappa shape index (κ2) is 6.70. The molecule has 1 aromatic rings. The maximum Gasteiger partial charge on any atom is 0.311 e. The first-order valence-corrected chi connectivity index (χ1v) is 7.05. The maximum atomic E-state index is 11.8. The summed E-state index contributed by atoms with van der Waals surface area (Å²) >= 11 is 0. The zero-order valence-electron chi connectivity index (χ0n) is 11.9. The number of ether oxygens (including phenoxy) is 1. The molecule has 1 aliphatic heterocycles. The number of hydrogen-bond acceptors (Lipinski definition) is 4. The number of rotatable bonds is 6. The van der Waals surface area contributed by atoms with E-state index in [9.17, 15) is 9.90 Å². The molecule has 0 aliphatic carbocycles. The first-order chi connectivity index (χ1) is 9.68. The van der Waals surface area contributed by atoms with Crippen molar-refractivity contribution in [2.45, 2.75) is 25.7 Å². The summed E-state index contributed by atoms with van der Waals surface area (Å²) in [5, 5.41) is 9.67. The maximum absolute atomic E-state index is 11.8. The van der Waals surface area contributed by atoms with Crippen molar-refractivity contribution < 1.29 is 14.6 Å². The molecule has 5 nitrogen and oxygen atoms in total. The Hall–Kier alpha value is -1.62. The van der Waals surface area contributed by atoms with Crippen LogP contribution in [0.15, 0.2) is 24.5 Å². The van der Waals surface area contributed by atoms with Gasteiger partial charge in [0.05, 0.1) is 5.41 Å². The summed E-state index contributed by atoms with van der Waals surface area (Å²) in [7, 11) is 1.65. The van der Waals surface area contributed by atoms with E-state index in [1.54, 1.807) is 19.5 Å². The number of anilines is 1. The van der Waals surface area contributed by atoms with Crippen molar-refractivity contribution in [1.29, 1.82) is 0 Å². The van der Waals surface area contributed by atoms with Crippen LogP contribution in [0, 0.1) is 5.41 Å². The monoisotopic (exact) mass is 278 g/mol. The van der Waals surface area contributed by atoms with Crippen molar-refractivity contribution in [2.75, 3.05) is 31.7 Å². The van der Waals surface area contributed by atoms with Crippen LogP contribution in [0.1, 0.15) is 25.7 Å². The Kier molecular flexibility index (Phi) is 4.95. The van der Waals surface area contributed by atoms with Crippen LogP contribution in [0.2, 0.25) is 0 Å². The number of hydrogen-bond donors (Lipinski definition) is 1. The minimum Gasteiger partial charge on any atom is -0.481 e. The van der Waals surface area contributed by atoms with Crippen molar-refractivity contribution in [2.24, 2.45) is 5.41 Å². The molecule has 0 aromatic carbocycles. The van der Waals surface area contributed by atoms with E-state index in [2.05, 4.69) is 9.88 Å². The fraction of sp³-hybridized carbons (Fsp3) is 0.600. The molecule has 1 aliphatic rings. The number of carbonyl (C=O) groups is 1. The Bertz CT molecular complexity index is 438. The van der Waals surface area contributed by atoms with Crippen LogP contribution in [0.5, 0.6) is 0 Å². The van der Waals surface area contributed by atoms with Gasteiger partial charge in [-0.2, -0.15) is 0 Å². The molecule has 1 saturated heterocycles. The van der Waals surface area contributed by atoms with E-state index >= 15 is 0 Å². The van der Waals surface area contributed by atoms with E-state index < -0.39 is 11.4 Å².